The molecule has 0 rings (SSSR count). The van der Waals surface area contributed by atoms with Crippen LogP contribution in [0.25, 0.3) is 0 Å². The van der Waals surface area contributed by atoms with Crippen molar-refractivity contribution in [3.8, 4) is 0 Å². The van der Waals surface area contributed by atoms with Crippen LogP contribution in [0.3, 0.4) is 0 Å². The summed E-state index contributed by atoms with van der Waals surface area (Å²) in [6.07, 6.45) is -4.19. The van der Waals surface area contributed by atoms with Gasteiger partial charge in [0.2, 0.25) is 0 Å². The van der Waals surface area contributed by atoms with Crippen molar-refractivity contribution in [3.05, 3.63) is 0 Å². The molecule has 0 aliphatic carbocycles. The first-order valence-corrected chi connectivity index (χ1v) is 5.07. The van der Waals surface area contributed by atoms with E-state index in [1.165, 1.54) is 7.11 Å². The van der Waals surface area contributed by atoms with Crippen LogP contribution in [-0.4, -0.2) is 55.4 Å². The van der Waals surface area contributed by atoms with Gasteiger partial charge in [-0.25, -0.2) is 4.39 Å². The van der Waals surface area contributed by atoms with E-state index in [2.05, 4.69) is 19.5 Å². The highest BCUT2D eigenvalue weighted by molar-refractivity contribution is 5.68. The molecule has 3 atom stereocenters. The van der Waals surface area contributed by atoms with Gasteiger partial charge in [0.15, 0.2) is 12.3 Å². The van der Waals surface area contributed by atoms with Gasteiger partial charge in [0.1, 0.15) is 19.8 Å². The molecule has 104 valence electrons. The third-order valence-corrected chi connectivity index (χ3v) is 1.76. The fourth-order valence-electron chi connectivity index (χ4n) is 1.05. The number of rotatable bonds is 7. The summed E-state index contributed by atoms with van der Waals surface area (Å²) < 4.78 is 22.7. The SMILES string of the molecule is CON=C[C@@H](F)[C@H](OC(C)=O)[C@H](O)COC(C)=O. The smallest absolute Gasteiger partial charge is 0.303 e. The topological polar surface area (TPSA) is 94.4 Å². The molecule has 0 saturated heterocycles. The van der Waals surface area contributed by atoms with Crippen molar-refractivity contribution in [1.82, 2.24) is 0 Å². The fourth-order valence-corrected chi connectivity index (χ4v) is 1.05. The highest BCUT2D eigenvalue weighted by Crippen LogP contribution is 2.09. The number of carbonyl (C=O) groups is 2. The lowest BCUT2D eigenvalue weighted by Crippen LogP contribution is -2.42. The van der Waals surface area contributed by atoms with E-state index in [0.717, 1.165) is 20.1 Å². The molecular weight excluding hydrogens is 249 g/mol. The summed E-state index contributed by atoms with van der Waals surface area (Å²) in [5, 5.41) is 12.7. The van der Waals surface area contributed by atoms with Crippen molar-refractivity contribution in [2.45, 2.75) is 32.2 Å². The maximum absolute atomic E-state index is 13.6. The number of hydrogen-bond acceptors (Lipinski definition) is 7. The number of halogens is 1. The number of nitrogens with zero attached hydrogens (tertiary/aromatic N) is 1. The molecule has 0 aliphatic rings. The number of carbonyl (C=O) groups excluding carboxylic acids is 2. The minimum Gasteiger partial charge on any atom is -0.463 e. The zero-order chi connectivity index (χ0) is 14.1. The zero-order valence-corrected chi connectivity index (χ0v) is 10.3. The minimum atomic E-state index is -1.89. The molecule has 0 radical (unpaired) electrons. The summed E-state index contributed by atoms with van der Waals surface area (Å²) in [4.78, 5) is 25.6. The van der Waals surface area contributed by atoms with Crippen molar-refractivity contribution in [3.63, 3.8) is 0 Å². The molecule has 18 heavy (non-hydrogen) atoms. The second kappa shape index (κ2) is 8.40. The van der Waals surface area contributed by atoms with E-state index in [0.29, 0.717) is 0 Å². The van der Waals surface area contributed by atoms with Gasteiger partial charge in [-0.05, 0) is 0 Å². The summed E-state index contributed by atoms with van der Waals surface area (Å²) >= 11 is 0. The van der Waals surface area contributed by atoms with E-state index in [1.807, 2.05) is 0 Å². The first kappa shape index (κ1) is 16.3. The Morgan fingerprint density at radius 1 is 1.39 bits per heavy atom. The van der Waals surface area contributed by atoms with E-state index in [4.69, 9.17) is 0 Å². The van der Waals surface area contributed by atoms with Gasteiger partial charge in [-0.3, -0.25) is 9.59 Å². The van der Waals surface area contributed by atoms with Gasteiger partial charge in [0.05, 0.1) is 6.21 Å². The Bertz CT molecular complexity index is 309. The van der Waals surface area contributed by atoms with Crippen LogP contribution in [0.2, 0.25) is 0 Å². The van der Waals surface area contributed by atoms with Crippen LogP contribution in [0, 0.1) is 0 Å². The Morgan fingerprint density at radius 3 is 2.44 bits per heavy atom. The average Bonchev–Trinajstić information content (AvgIpc) is 2.29. The Hall–Kier alpha value is -1.70. The molecule has 0 spiro atoms. The van der Waals surface area contributed by atoms with Gasteiger partial charge < -0.3 is 19.4 Å². The molecule has 0 unspecified atom stereocenters. The molecule has 7 nitrogen and oxygen atoms in total. The van der Waals surface area contributed by atoms with Gasteiger partial charge >= 0.3 is 11.9 Å². The van der Waals surface area contributed by atoms with Crippen LogP contribution in [0.15, 0.2) is 5.16 Å². The molecule has 0 saturated carbocycles. The molecule has 0 aromatic carbocycles. The Morgan fingerprint density at radius 2 is 2.00 bits per heavy atom. The second-order valence-electron chi connectivity index (χ2n) is 3.33. The number of ether oxygens (including phenoxy) is 2. The number of aliphatic hydroxyl groups excluding tert-OH is 1. The number of hydrogen-bond donors (Lipinski definition) is 1. The molecule has 0 aliphatic heterocycles. The van der Waals surface area contributed by atoms with E-state index in [9.17, 15) is 19.1 Å². The number of alkyl halides is 1. The zero-order valence-electron chi connectivity index (χ0n) is 10.3. The molecule has 8 heteroatoms. The minimum absolute atomic E-state index is 0.492. The molecule has 0 heterocycles. The number of esters is 2. The highest BCUT2D eigenvalue weighted by Gasteiger charge is 2.31. The maximum atomic E-state index is 13.6. The van der Waals surface area contributed by atoms with E-state index >= 15 is 0 Å². The van der Waals surface area contributed by atoms with Gasteiger partial charge in [-0.1, -0.05) is 5.16 Å². The monoisotopic (exact) mass is 265 g/mol. The Balaban J connectivity index is 4.59. The van der Waals surface area contributed by atoms with Crippen LogP contribution in [0.4, 0.5) is 4.39 Å². The van der Waals surface area contributed by atoms with Crippen molar-refractivity contribution < 1.29 is 33.4 Å². The number of aliphatic hydroxyl groups is 1. The molecule has 1 N–H and O–H groups in total. The maximum Gasteiger partial charge on any atom is 0.303 e. The molecule has 0 aromatic rings. The van der Waals surface area contributed by atoms with Crippen LogP contribution >= 0.6 is 0 Å². The highest BCUT2D eigenvalue weighted by atomic mass is 19.1. The lowest BCUT2D eigenvalue weighted by atomic mass is 10.1. The lowest BCUT2D eigenvalue weighted by Gasteiger charge is -2.23. The van der Waals surface area contributed by atoms with Crippen molar-refractivity contribution in [2.24, 2.45) is 5.16 Å². The van der Waals surface area contributed by atoms with Gasteiger partial charge in [-0.2, -0.15) is 0 Å². The van der Waals surface area contributed by atoms with Crippen molar-refractivity contribution >= 4 is 18.2 Å². The molecule has 0 amide bonds. The van der Waals surface area contributed by atoms with Crippen LogP contribution in [0.1, 0.15) is 13.8 Å². The fraction of sp³-hybridized carbons (Fsp3) is 0.700. The molecule has 0 bridgehead atoms. The second-order valence-corrected chi connectivity index (χ2v) is 3.33. The largest absolute Gasteiger partial charge is 0.463 e. The quantitative estimate of drug-likeness (QED) is 0.389. The van der Waals surface area contributed by atoms with Crippen LogP contribution in [0.5, 0.6) is 0 Å². The predicted molar refractivity (Wildman–Crippen MR) is 58.6 cm³/mol. The van der Waals surface area contributed by atoms with E-state index < -0.39 is 36.9 Å². The summed E-state index contributed by atoms with van der Waals surface area (Å²) in [6, 6.07) is 0. The number of oxime groups is 1. The first-order valence-electron chi connectivity index (χ1n) is 5.07. The lowest BCUT2D eigenvalue weighted by molar-refractivity contribution is -0.161. The predicted octanol–water partition coefficient (Wildman–Crippen LogP) is -0.188. The average molecular weight is 265 g/mol. The normalized spacial score (nSPS) is 15.8. The first-order chi connectivity index (χ1) is 8.38. The third-order valence-electron chi connectivity index (χ3n) is 1.76. The standard InChI is InChI=1S/C10H16FNO6/c1-6(13)17-5-9(15)10(18-7(2)14)8(11)4-12-16-3/h4,8-10,15H,5H2,1-3H3/t8-,9-,10+/m1/s1. The molecule has 0 aromatic heterocycles. The summed E-state index contributed by atoms with van der Waals surface area (Å²) in [5.41, 5.74) is 0. The summed E-state index contributed by atoms with van der Waals surface area (Å²) in [5.74, 6) is -1.42. The van der Waals surface area contributed by atoms with Gasteiger partial charge in [-0.15, -0.1) is 0 Å². The van der Waals surface area contributed by atoms with Crippen LogP contribution < -0.4 is 0 Å². The molecular formula is C10H16FNO6. The van der Waals surface area contributed by atoms with E-state index in [1.54, 1.807) is 0 Å². The van der Waals surface area contributed by atoms with Crippen molar-refractivity contribution in [1.29, 1.82) is 0 Å². The van der Waals surface area contributed by atoms with Gasteiger partial charge in [0, 0.05) is 13.8 Å². The molecule has 0 fully saturated rings. The van der Waals surface area contributed by atoms with Gasteiger partial charge in [0.25, 0.3) is 0 Å². The van der Waals surface area contributed by atoms with E-state index in [-0.39, 0.29) is 0 Å². The Kier molecular flexibility index (Phi) is 7.61. The Labute approximate surface area is 103 Å². The van der Waals surface area contributed by atoms with Crippen LogP contribution in [-0.2, 0) is 23.9 Å². The third kappa shape index (κ3) is 6.79. The van der Waals surface area contributed by atoms with Crippen molar-refractivity contribution in [2.75, 3.05) is 13.7 Å². The summed E-state index contributed by atoms with van der Waals surface area (Å²) in [6.45, 7) is 1.70. The summed E-state index contributed by atoms with van der Waals surface area (Å²) in [7, 11) is 1.21.